The van der Waals surface area contributed by atoms with Crippen molar-refractivity contribution in [2.75, 3.05) is 0 Å². The number of rotatable bonds is 5. The Morgan fingerprint density at radius 1 is 0.750 bits per heavy atom. The van der Waals surface area contributed by atoms with Crippen molar-refractivity contribution in [2.45, 2.75) is 24.3 Å². The summed E-state index contributed by atoms with van der Waals surface area (Å²) in [7, 11) is 0. The minimum Gasteiger partial charge on any atom is -0.245 e. The first-order chi connectivity index (χ1) is 15.8. The van der Waals surface area contributed by atoms with E-state index in [1.165, 1.54) is 12.8 Å². The minimum atomic E-state index is -0.653. The Balaban J connectivity index is 1.80. The van der Waals surface area contributed by atoms with E-state index >= 15 is 0 Å². The zero-order valence-electron chi connectivity index (χ0n) is 17.5. The van der Waals surface area contributed by atoms with E-state index in [1.807, 2.05) is 12.3 Å². The maximum Gasteiger partial charge on any atom is 0.138 e. The van der Waals surface area contributed by atoms with Crippen molar-refractivity contribution in [3.63, 3.8) is 0 Å². The Labute approximate surface area is 192 Å². The van der Waals surface area contributed by atoms with Crippen molar-refractivity contribution >= 4 is 22.5 Å². The van der Waals surface area contributed by atoms with Crippen molar-refractivity contribution in [1.82, 2.24) is 14.8 Å². The van der Waals surface area contributed by atoms with Crippen molar-refractivity contribution < 1.29 is 0 Å². The molecule has 6 rings (SSSR count). The number of fused-ring (bicyclic) bond motifs is 1. The van der Waals surface area contributed by atoms with Gasteiger partial charge in [0.1, 0.15) is 10.7 Å². The molecule has 0 amide bonds. The first-order valence-corrected chi connectivity index (χ1v) is 11.4. The van der Waals surface area contributed by atoms with Crippen LogP contribution >= 0.6 is 11.6 Å². The summed E-state index contributed by atoms with van der Waals surface area (Å²) in [6.07, 6.45) is 4.23. The van der Waals surface area contributed by atoms with E-state index in [9.17, 15) is 0 Å². The lowest BCUT2D eigenvalue weighted by molar-refractivity contribution is 0.471. The van der Waals surface area contributed by atoms with Crippen LogP contribution in [0.2, 0.25) is 5.15 Å². The molecule has 156 valence electrons. The number of halogens is 1. The lowest BCUT2D eigenvalue weighted by Gasteiger charge is -2.37. The molecule has 5 aromatic rings. The van der Waals surface area contributed by atoms with Gasteiger partial charge in [-0.25, -0.2) is 9.67 Å². The summed E-state index contributed by atoms with van der Waals surface area (Å²) in [6, 6.07) is 33.8. The summed E-state index contributed by atoms with van der Waals surface area (Å²) >= 11 is 6.43. The highest BCUT2D eigenvalue weighted by molar-refractivity contribution is 6.30. The second kappa shape index (κ2) is 7.61. The largest absolute Gasteiger partial charge is 0.245 e. The van der Waals surface area contributed by atoms with Crippen LogP contribution < -0.4 is 0 Å². The molecule has 2 heterocycles. The Hall–Kier alpha value is -3.43. The van der Waals surface area contributed by atoms with Crippen LogP contribution in [0.15, 0.2) is 103 Å². The van der Waals surface area contributed by atoms with E-state index in [2.05, 4.69) is 101 Å². The van der Waals surface area contributed by atoms with Gasteiger partial charge in [0.2, 0.25) is 0 Å². The van der Waals surface area contributed by atoms with Gasteiger partial charge in [-0.05, 0) is 29.5 Å². The van der Waals surface area contributed by atoms with Gasteiger partial charge in [-0.15, -0.1) is 0 Å². The first-order valence-electron chi connectivity index (χ1n) is 11.0. The number of pyridine rings is 1. The molecule has 1 fully saturated rings. The number of nitrogens with zero attached hydrogens (tertiary/aromatic N) is 3. The molecule has 3 nitrogen and oxygen atoms in total. The van der Waals surface area contributed by atoms with E-state index in [-0.39, 0.29) is 0 Å². The second-order valence-electron chi connectivity index (χ2n) is 8.40. The van der Waals surface area contributed by atoms with Crippen LogP contribution in [0.25, 0.3) is 10.9 Å². The molecule has 0 unspecified atom stereocenters. The Bertz CT molecular complexity index is 1280. The third-order valence-corrected chi connectivity index (χ3v) is 6.62. The lowest BCUT2D eigenvalue weighted by Crippen LogP contribution is -2.38. The predicted octanol–water partition coefficient (Wildman–Crippen LogP) is 6.80. The maximum absolute atomic E-state index is 6.43. The molecule has 1 aliphatic rings. The zero-order chi connectivity index (χ0) is 21.5. The highest BCUT2D eigenvalue weighted by atomic mass is 35.5. The van der Waals surface area contributed by atoms with Gasteiger partial charge in [0.15, 0.2) is 0 Å². The van der Waals surface area contributed by atoms with E-state index < -0.39 is 5.54 Å². The Morgan fingerprint density at radius 3 is 1.72 bits per heavy atom. The van der Waals surface area contributed by atoms with E-state index in [1.54, 1.807) is 0 Å². The van der Waals surface area contributed by atoms with Crippen LogP contribution in [0.5, 0.6) is 0 Å². The molecule has 1 aliphatic carbocycles. The summed E-state index contributed by atoms with van der Waals surface area (Å²) in [5, 5.41) is 6.88. The number of hydrogen-bond donors (Lipinski definition) is 0. The van der Waals surface area contributed by atoms with Crippen LogP contribution in [-0.4, -0.2) is 14.8 Å². The molecular weight excluding hydrogens is 414 g/mol. The fraction of sp³-hybridized carbons (Fsp3) is 0.143. The molecule has 1 saturated carbocycles. The van der Waals surface area contributed by atoms with E-state index in [0.717, 1.165) is 33.3 Å². The van der Waals surface area contributed by atoms with Crippen LogP contribution in [0.3, 0.4) is 0 Å². The molecule has 4 heteroatoms. The van der Waals surface area contributed by atoms with Crippen LogP contribution in [0, 0.1) is 0 Å². The van der Waals surface area contributed by atoms with Crippen molar-refractivity contribution in [3.8, 4) is 0 Å². The normalized spacial score (nSPS) is 14.0. The van der Waals surface area contributed by atoms with Gasteiger partial charge in [-0.3, -0.25) is 0 Å². The summed E-state index contributed by atoms with van der Waals surface area (Å²) in [6.45, 7) is 0. The summed E-state index contributed by atoms with van der Waals surface area (Å²) < 4.78 is 2.18. The van der Waals surface area contributed by atoms with E-state index in [0.29, 0.717) is 11.1 Å². The van der Waals surface area contributed by atoms with Gasteiger partial charge in [0.05, 0.1) is 11.2 Å². The number of aromatic nitrogens is 3. The molecule has 0 saturated heterocycles. The van der Waals surface area contributed by atoms with Crippen LogP contribution in [0.1, 0.15) is 41.1 Å². The molecule has 0 spiro atoms. The van der Waals surface area contributed by atoms with Crippen molar-refractivity contribution in [2.24, 2.45) is 0 Å². The smallest absolute Gasteiger partial charge is 0.138 e. The van der Waals surface area contributed by atoms with Gasteiger partial charge in [0.25, 0.3) is 0 Å². The fourth-order valence-corrected chi connectivity index (χ4v) is 4.98. The highest BCUT2D eigenvalue weighted by Crippen LogP contribution is 2.47. The van der Waals surface area contributed by atoms with E-state index in [4.69, 9.17) is 16.7 Å². The second-order valence-corrected chi connectivity index (χ2v) is 8.79. The summed E-state index contributed by atoms with van der Waals surface area (Å²) in [5.74, 6) is 0.488. The Kier molecular flexibility index (Phi) is 4.58. The third-order valence-electron chi connectivity index (χ3n) is 6.42. The number of hydrogen-bond acceptors (Lipinski definition) is 2. The van der Waals surface area contributed by atoms with Gasteiger partial charge in [-0.2, -0.15) is 5.10 Å². The molecule has 32 heavy (non-hydrogen) atoms. The molecule has 3 aromatic carbocycles. The standard InChI is InChI=1S/C28H22ClN3/c29-26-18-25-24(19-30-26)27(20-16-17-20)31-32(25)28(21-10-4-1-5-11-21,22-12-6-2-7-13-22)23-14-8-3-9-15-23/h1-15,18-20H,16-17H2. The average Bonchev–Trinajstić information content (AvgIpc) is 3.63. The summed E-state index contributed by atoms with van der Waals surface area (Å²) in [5.41, 5.74) is 4.92. The molecule has 0 atom stereocenters. The number of benzene rings is 3. The minimum absolute atomic E-state index is 0.476. The van der Waals surface area contributed by atoms with Gasteiger partial charge >= 0.3 is 0 Å². The Morgan fingerprint density at radius 2 is 1.25 bits per heavy atom. The SMILES string of the molecule is Clc1cc2c(cn1)c(C1CC1)nn2C(c1ccccc1)(c1ccccc1)c1ccccc1. The van der Waals surface area contributed by atoms with Crippen LogP contribution in [-0.2, 0) is 5.54 Å². The lowest BCUT2D eigenvalue weighted by atomic mass is 9.77. The predicted molar refractivity (Wildman–Crippen MR) is 129 cm³/mol. The summed E-state index contributed by atoms with van der Waals surface area (Å²) in [4.78, 5) is 4.40. The fourth-order valence-electron chi connectivity index (χ4n) is 4.83. The molecule has 0 radical (unpaired) electrons. The topological polar surface area (TPSA) is 30.7 Å². The van der Waals surface area contributed by atoms with Gasteiger partial charge < -0.3 is 0 Å². The van der Waals surface area contributed by atoms with Crippen molar-refractivity contribution in [3.05, 3.63) is 131 Å². The highest BCUT2D eigenvalue weighted by Gasteiger charge is 2.42. The molecular formula is C28H22ClN3. The van der Waals surface area contributed by atoms with Crippen molar-refractivity contribution in [1.29, 1.82) is 0 Å². The molecule has 0 N–H and O–H groups in total. The molecule has 0 aliphatic heterocycles. The third kappa shape index (κ3) is 2.96. The maximum atomic E-state index is 6.43. The average molecular weight is 436 g/mol. The van der Waals surface area contributed by atoms with Gasteiger partial charge in [-0.1, -0.05) is 103 Å². The molecule has 0 bridgehead atoms. The first kappa shape index (κ1) is 19.3. The van der Waals surface area contributed by atoms with Crippen LogP contribution in [0.4, 0.5) is 0 Å². The molecule has 2 aromatic heterocycles. The quantitative estimate of drug-likeness (QED) is 0.224. The van der Waals surface area contributed by atoms with Gasteiger partial charge in [0, 0.05) is 23.6 Å². The monoisotopic (exact) mass is 435 g/mol. The zero-order valence-corrected chi connectivity index (χ0v) is 18.3.